The van der Waals surface area contributed by atoms with Crippen LogP contribution in [0.4, 0.5) is 17.1 Å². The zero-order valence-corrected chi connectivity index (χ0v) is 28.2. The average Bonchev–Trinajstić information content (AvgIpc) is 3.09. The van der Waals surface area contributed by atoms with Gasteiger partial charge in [0.1, 0.15) is 5.75 Å². The van der Waals surface area contributed by atoms with Gasteiger partial charge in [0.2, 0.25) is 5.91 Å². The fourth-order valence-corrected chi connectivity index (χ4v) is 6.32. The summed E-state index contributed by atoms with van der Waals surface area (Å²) in [6.07, 6.45) is 7.92. The predicted octanol–water partition coefficient (Wildman–Crippen LogP) is 7.87. The minimum Gasteiger partial charge on any atom is -0.494 e. The summed E-state index contributed by atoms with van der Waals surface area (Å²) in [6, 6.07) is 21.6. The Labute approximate surface area is 279 Å². The van der Waals surface area contributed by atoms with Gasteiger partial charge in [0.05, 0.1) is 29.9 Å². The smallest absolute Gasteiger partial charge is 0.253 e. The second-order valence-electron chi connectivity index (χ2n) is 12.1. The third-order valence-corrected chi connectivity index (χ3v) is 8.83. The third kappa shape index (κ3) is 8.82. The molecule has 5 rings (SSSR count). The van der Waals surface area contributed by atoms with E-state index < -0.39 is 0 Å². The van der Waals surface area contributed by atoms with E-state index in [1.807, 2.05) is 57.2 Å². The van der Waals surface area contributed by atoms with Crippen molar-refractivity contribution < 1.29 is 14.3 Å². The molecule has 2 amide bonds. The van der Waals surface area contributed by atoms with Crippen molar-refractivity contribution in [2.24, 2.45) is 0 Å². The Kier molecular flexibility index (Phi) is 12.1. The zero-order valence-electron chi connectivity index (χ0n) is 28.2. The normalized spacial score (nSPS) is 12.3. The van der Waals surface area contributed by atoms with Crippen molar-refractivity contribution in [3.63, 3.8) is 0 Å². The number of para-hydroxylation sites is 1. The zero-order chi connectivity index (χ0) is 33.0. The van der Waals surface area contributed by atoms with E-state index in [0.717, 1.165) is 67.7 Å². The molecule has 248 valence electrons. The van der Waals surface area contributed by atoms with Crippen LogP contribution in [0.5, 0.6) is 5.75 Å². The van der Waals surface area contributed by atoms with Crippen LogP contribution in [0.15, 0.2) is 66.7 Å². The fraction of sp³-hybridized carbons (Fsp3) is 0.410. The number of ether oxygens (including phenoxy) is 1. The largest absolute Gasteiger partial charge is 0.494 e. The highest BCUT2D eigenvalue weighted by molar-refractivity contribution is 6.00. The first kappa shape index (κ1) is 33.8. The third-order valence-electron chi connectivity index (χ3n) is 8.83. The van der Waals surface area contributed by atoms with E-state index in [2.05, 4.69) is 40.2 Å². The van der Waals surface area contributed by atoms with Gasteiger partial charge in [-0.25, -0.2) is 0 Å². The molecule has 8 nitrogen and oxygen atoms in total. The number of hydrogen-bond donors (Lipinski definition) is 3. The molecule has 1 aliphatic carbocycles. The summed E-state index contributed by atoms with van der Waals surface area (Å²) in [5, 5.41) is 11.6. The fourth-order valence-electron chi connectivity index (χ4n) is 6.32. The van der Waals surface area contributed by atoms with Crippen molar-refractivity contribution in [2.45, 2.75) is 72.1 Å². The Morgan fingerprint density at radius 1 is 0.830 bits per heavy atom. The van der Waals surface area contributed by atoms with E-state index in [9.17, 15) is 9.59 Å². The Morgan fingerprint density at radius 2 is 1.57 bits per heavy atom. The van der Waals surface area contributed by atoms with Crippen LogP contribution < -0.4 is 20.7 Å². The maximum Gasteiger partial charge on any atom is 0.253 e. The van der Waals surface area contributed by atoms with Gasteiger partial charge in [-0.05, 0) is 113 Å². The lowest BCUT2D eigenvalue weighted by atomic mass is 9.92. The minimum atomic E-state index is -0.137. The lowest BCUT2D eigenvalue weighted by Gasteiger charge is -2.21. The molecule has 0 unspecified atom stereocenters. The molecule has 0 spiro atoms. The molecule has 0 saturated carbocycles. The van der Waals surface area contributed by atoms with Crippen molar-refractivity contribution in [2.75, 3.05) is 48.7 Å². The number of carbonyl (C=O) groups excluding carboxylic acids is 2. The van der Waals surface area contributed by atoms with Gasteiger partial charge >= 0.3 is 0 Å². The van der Waals surface area contributed by atoms with Gasteiger partial charge in [-0.2, -0.15) is 0 Å². The molecular weight excluding hydrogens is 586 g/mol. The van der Waals surface area contributed by atoms with Crippen LogP contribution in [0.25, 0.3) is 10.9 Å². The van der Waals surface area contributed by atoms with Crippen molar-refractivity contribution in [1.29, 1.82) is 0 Å². The van der Waals surface area contributed by atoms with Crippen LogP contribution in [-0.2, 0) is 24.1 Å². The molecule has 1 aliphatic rings. The number of rotatable bonds is 16. The number of benzene rings is 3. The van der Waals surface area contributed by atoms with Crippen LogP contribution in [0.2, 0.25) is 0 Å². The number of unbranched alkanes of at least 4 members (excludes halogenated alkanes) is 2. The summed E-state index contributed by atoms with van der Waals surface area (Å²) in [7, 11) is 0. The molecule has 0 aliphatic heterocycles. The maximum absolute atomic E-state index is 13.1. The Hall–Kier alpha value is -4.59. The van der Waals surface area contributed by atoms with E-state index in [0.29, 0.717) is 30.9 Å². The minimum absolute atomic E-state index is 0.0423. The van der Waals surface area contributed by atoms with Gasteiger partial charge in [0.25, 0.3) is 5.91 Å². The number of amides is 2. The Morgan fingerprint density at radius 3 is 2.34 bits per heavy atom. The number of aryl methyl sites for hydroxylation is 1. The molecule has 0 bridgehead atoms. The van der Waals surface area contributed by atoms with E-state index in [-0.39, 0.29) is 18.2 Å². The Balaban J connectivity index is 1.18. The van der Waals surface area contributed by atoms with Crippen LogP contribution in [0.3, 0.4) is 0 Å². The number of aromatic nitrogens is 1. The van der Waals surface area contributed by atoms with Gasteiger partial charge in [-0.15, -0.1) is 0 Å². The number of anilines is 3. The summed E-state index contributed by atoms with van der Waals surface area (Å²) >= 11 is 0. The SMILES string of the molecule is CCOc1ccc(CC(=O)Nc2cc(C(=O)N(CC)CC)ccc2NCCCCCNc2c3c(nc4ccccc24)CCCC3)cc1. The van der Waals surface area contributed by atoms with Gasteiger partial charge in [0.15, 0.2) is 0 Å². The first-order valence-electron chi connectivity index (χ1n) is 17.3. The number of hydrogen-bond acceptors (Lipinski definition) is 6. The number of carbonyl (C=O) groups is 2. The van der Waals surface area contributed by atoms with Gasteiger partial charge in [-0.3, -0.25) is 14.6 Å². The molecule has 0 radical (unpaired) electrons. The highest BCUT2D eigenvalue weighted by atomic mass is 16.5. The van der Waals surface area contributed by atoms with Crippen molar-refractivity contribution in [3.8, 4) is 5.75 Å². The molecule has 1 heterocycles. The highest BCUT2D eigenvalue weighted by Gasteiger charge is 2.18. The van der Waals surface area contributed by atoms with Crippen molar-refractivity contribution in [1.82, 2.24) is 9.88 Å². The highest BCUT2D eigenvalue weighted by Crippen LogP contribution is 2.33. The van der Waals surface area contributed by atoms with Crippen molar-refractivity contribution >= 4 is 39.8 Å². The number of pyridine rings is 1. The molecule has 4 aromatic rings. The van der Waals surface area contributed by atoms with E-state index in [1.165, 1.54) is 35.2 Å². The Bertz CT molecular complexity index is 1650. The molecule has 0 atom stereocenters. The average molecular weight is 636 g/mol. The second kappa shape index (κ2) is 16.8. The summed E-state index contributed by atoms with van der Waals surface area (Å²) in [6.45, 7) is 9.42. The summed E-state index contributed by atoms with van der Waals surface area (Å²) < 4.78 is 5.52. The number of nitrogens with zero attached hydrogens (tertiary/aromatic N) is 2. The molecule has 47 heavy (non-hydrogen) atoms. The van der Waals surface area contributed by atoms with Crippen LogP contribution in [0.1, 0.15) is 80.1 Å². The summed E-state index contributed by atoms with van der Waals surface area (Å²) in [4.78, 5) is 33.0. The van der Waals surface area contributed by atoms with Gasteiger partial charge in [0, 0.05) is 48.5 Å². The number of nitrogens with one attached hydrogen (secondary N) is 3. The quantitative estimate of drug-likeness (QED) is 0.109. The van der Waals surface area contributed by atoms with Crippen molar-refractivity contribution in [3.05, 3.63) is 89.1 Å². The first-order chi connectivity index (χ1) is 23.0. The van der Waals surface area contributed by atoms with Crippen LogP contribution >= 0.6 is 0 Å². The molecule has 0 fully saturated rings. The standard InChI is InChI=1S/C39H49N5O3/c1-4-44(5-2)39(46)29-20-23-35(36(27-29)43-37(45)26-28-18-21-30(22-19-28)47-6-3)40-24-12-7-13-25-41-38-31-14-8-10-16-33(31)42-34-17-11-9-15-32(34)38/h8,10,14,16,18-23,27,40H,4-7,9,11-13,15,17,24-26H2,1-3H3,(H,41,42)(H,43,45). The van der Waals surface area contributed by atoms with Crippen LogP contribution in [-0.4, -0.2) is 54.5 Å². The maximum atomic E-state index is 13.1. The van der Waals surface area contributed by atoms with Gasteiger partial charge in [-0.1, -0.05) is 30.3 Å². The molecule has 8 heteroatoms. The molecular formula is C39H49N5O3. The number of fused-ring (bicyclic) bond motifs is 2. The lowest BCUT2D eigenvalue weighted by molar-refractivity contribution is -0.115. The van der Waals surface area contributed by atoms with E-state index in [1.54, 1.807) is 11.0 Å². The lowest BCUT2D eigenvalue weighted by Crippen LogP contribution is -2.30. The topological polar surface area (TPSA) is 95.6 Å². The second-order valence-corrected chi connectivity index (χ2v) is 12.1. The van der Waals surface area contributed by atoms with Gasteiger partial charge < -0.3 is 25.6 Å². The summed E-state index contributed by atoms with van der Waals surface area (Å²) in [5.41, 5.74) is 7.90. The van der Waals surface area contributed by atoms with E-state index in [4.69, 9.17) is 9.72 Å². The van der Waals surface area contributed by atoms with E-state index >= 15 is 0 Å². The predicted molar refractivity (Wildman–Crippen MR) is 193 cm³/mol. The monoisotopic (exact) mass is 635 g/mol. The summed E-state index contributed by atoms with van der Waals surface area (Å²) in [5.74, 6) is 0.604. The molecule has 3 aromatic carbocycles. The molecule has 3 N–H and O–H groups in total. The first-order valence-corrected chi connectivity index (χ1v) is 17.3. The van der Waals surface area contributed by atoms with Crippen LogP contribution in [0, 0.1) is 0 Å². The molecule has 1 aromatic heterocycles. The molecule has 0 saturated heterocycles.